The van der Waals surface area contributed by atoms with Gasteiger partial charge in [0.25, 0.3) is 0 Å². The molecule has 0 N–H and O–H groups in total. The van der Waals surface area contributed by atoms with Crippen molar-refractivity contribution in [2.24, 2.45) is 0 Å². The van der Waals surface area contributed by atoms with Crippen LogP contribution in [0.4, 0.5) is 34.1 Å². The molecule has 8 aromatic carbocycles. The molecule has 0 fully saturated rings. The van der Waals surface area contributed by atoms with Crippen LogP contribution in [0.2, 0.25) is 0 Å². The Bertz CT molecular complexity index is 2750. The second-order valence-corrected chi connectivity index (χ2v) is 16.4. The van der Waals surface area contributed by atoms with Gasteiger partial charge in [-0.25, -0.2) is 0 Å². The minimum atomic E-state index is -0.145. The molecule has 0 aromatic heterocycles. The minimum absolute atomic E-state index is 0.0554. The van der Waals surface area contributed by atoms with Crippen molar-refractivity contribution in [3.8, 4) is 11.1 Å². The highest BCUT2D eigenvalue weighted by Gasteiger charge is 2.49. The molecule has 0 radical (unpaired) electrons. The Hall–Kier alpha value is -6.38. The summed E-state index contributed by atoms with van der Waals surface area (Å²) in [5, 5.41) is 2.51. The number of benzene rings is 8. The van der Waals surface area contributed by atoms with E-state index in [-0.39, 0.29) is 10.8 Å². The topological polar surface area (TPSA) is 6.48 Å². The van der Waals surface area contributed by atoms with Gasteiger partial charge in [-0.05, 0) is 130 Å². The van der Waals surface area contributed by atoms with Gasteiger partial charge in [-0.1, -0.05) is 141 Å². The van der Waals surface area contributed by atoms with E-state index in [1.54, 1.807) is 0 Å². The first-order chi connectivity index (χ1) is 27.5. The number of rotatable bonds is 6. The molecule has 1 spiro atoms. The molecule has 2 heteroatoms. The van der Waals surface area contributed by atoms with Crippen LogP contribution in [0, 0.1) is 0 Å². The van der Waals surface area contributed by atoms with Gasteiger partial charge in [-0.3, -0.25) is 0 Å². The van der Waals surface area contributed by atoms with Gasteiger partial charge in [0, 0.05) is 33.3 Å². The van der Waals surface area contributed by atoms with E-state index in [4.69, 9.17) is 0 Å². The van der Waals surface area contributed by atoms with Gasteiger partial charge in [0.15, 0.2) is 0 Å². The highest BCUT2D eigenvalue weighted by atomic mass is 15.2. The summed E-state index contributed by atoms with van der Waals surface area (Å²) in [5.74, 6) is 0. The van der Waals surface area contributed by atoms with Crippen LogP contribution in [0.3, 0.4) is 0 Å². The van der Waals surface area contributed by atoms with Crippen molar-refractivity contribution in [2.45, 2.75) is 50.4 Å². The third-order valence-corrected chi connectivity index (χ3v) is 13.2. The molecule has 3 aliphatic carbocycles. The monoisotopic (exact) mass is 720 g/mol. The fourth-order valence-corrected chi connectivity index (χ4v) is 10.8. The summed E-state index contributed by atoms with van der Waals surface area (Å²) >= 11 is 0. The standard InChI is InChI=1S/C54H44N2/c1-53(2)46-26-12-11-25-44(46)45-36-42(30-31-47(45)53)56(48-27-13-17-37-16-9-10-24-43(37)48)50-29-15-19-39-33-35-54(52(39)50)34-32-38-18-14-28-49(51(38)54)55(40-20-5-3-6-21-40)41-22-7-4-8-23-41/h3-31,36H,32-35H2,1-2H3/t54-/m1/s1. The SMILES string of the molecule is CC1(C)c2ccccc2-c2cc(N(c3cccc4c3[C@]3(CCc5cccc(N(c6ccccc6)c6ccccc6)c53)CC4)c3cccc4ccccc34)ccc21. The molecule has 270 valence electrons. The van der Waals surface area contributed by atoms with Crippen molar-refractivity contribution in [3.63, 3.8) is 0 Å². The summed E-state index contributed by atoms with van der Waals surface area (Å²) in [5.41, 5.74) is 18.5. The van der Waals surface area contributed by atoms with Gasteiger partial charge >= 0.3 is 0 Å². The molecular formula is C54H44N2. The maximum Gasteiger partial charge on any atom is 0.0540 e. The third-order valence-electron chi connectivity index (χ3n) is 13.2. The molecule has 2 nitrogen and oxygen atoms in total. The average molecular weight is 721 g/mol. The first-order valence-electron chi connectivity index (χ1n) is 20.2. The summed E-state index contributed by atoms with van der Waals surface area (Å²) < 4.78 is 0. The Morgan fingerprint density at radius 3 is 1.64 bits per heavy atom. The van der Waals surface area contributed by atoms with Crippen LogP contribution in [0.1, 0.15) is 60.1 Å². The highest BCUT2D eigenvalue weighted by Crippen LogP contribution is 2.60. The van der Waals surface area contributed by atoms with Crippen LogP contribution in [0.5, 0.6) is 0 Å². The van der Waals surface area contributed by atoms with Crippen molar-refractivity contribution in [1.82, 2.24) is 0 Å². The van der Waals surface area contributed by atoms with Crippen molar-refractivity contribution < 1.29 is 0 Å². The van der Waals surface area contributed by atoms with Gasteiger partial charge in [0.1, 0.15) is 0 Å². The number of hydrogen-bond donors (Lipinski definition) is 0. The van der Waals surface area contributed by atoms with E-state index in [1.165, 1.54) is 89.4 Å². The highest BCUT2D eigenvalue weighted by molar-refractivity contribution is 6.00. The van der Waals surface area contributed by atoms with E-state index >= 15 is 0 Å². The van der Waals surface area contributed by atoms with Crippen molar-refractivity contribution in [1.29, 1.82) is 0 Å². The lowest BCUT2D eigenvalue weighted by Crippen LogP contribution is -2.27. The zero-order chi connectivity index (χ0) is 37.4. The second-order valence-electron chi connectivity index (χ2n) is 16.4. The summed E-state index contributed by atoms with van der Waals surface area (Å²) in [4.78, 5) is 5.10. The molecule has 0 bridgehead atoms. The van der Waals surface area contributed by atoms with Gasteiger partial charge < -0.3 is 9.80 Å². The lowest BCUT2D eigenvalue weighted by molar-refractivity contribution is 0.508. The maximum absolute atomic E-state index is 2.61. The average Bonchev–Trinajstić information content (AvgIpc) is 3.89. The Morgan fingerprint density at radius 1 is 0.411 bits per heavy atom. The number of anilines is 6. The Balaban J connectivity index is 1.17. The van der Waals surface area contributed by atoms with E-state index < -0.39 is 0 Å². The van der Waals surface area contributed by atoms with Crippen LogP contribution in [0.25, 0.3) is 21.9 Å². The van der Waals surface area contributed by atoms with E-state index in [0.29, 0.717) is 0 Å². The fourth-order valence-electron chi connectivity index (χ4n) is 10.8. The molecule has 3 aliphatic rings. The third kappa shape index (κ3) is 4.81. The lowest BCUT2D eigenvalue weighted by atomic mass is 9.74. The summed E-state index contributed by atoms with van der Waals surface area (Å²) in [6.45, 7) is 4.74. The summed E-state index contributed by atoms with van der Waals surface area (Å²) in [7, 11) is 0. The predicted molar refractivity (Wildman–Crippen MR) is 235 cm³/mol. The normalized spacial score (nSPS) is 17.0. The molecule has 0 unspecified atom stereocenters. The number of nitrogens with zero attached hydrogens (tertiary/aromatic N) is 2. The van der Waals surface area contributed by atoms with E-state index in [1.807, 2.05) is 0 Å². The van der Waals surface area contributed by atoms with E-state index in [0.717, 1.165) is 25.7 Å². The fraction of sp³-hybridized carbons (Fsp3) is 0.148. The van der Waals surface area contributed by atoms with Crippen LogP contribution < -0.4 is 9.80 Å². The first kappa shape index (κ1) is 33.0. The molecule has 56 heavy (non-hydrogen) atoms. The smallest absolute Gasteiger partial charge is 0.0540 e. The Labute approximate surface area is 330 Å². The van der Waals surface area contributed by atoms with Crippen LogP contribution in [0.15, 0.2) is 182 Å². The van der Waals surface area contributed by atoms with Crippen LogP contribution in [-0.4, -0.2) is 0 Å². The minimum Gasteiger partial charge on any atom is -0.310 e. The summed E-state index contributed by atoms with van der Waals surface area (Å²) in [6, 6.07) is 68.0. The van der Waals surface area contributed by atoms with Gasteiger partial charge in [0.2, 0.25) is 0 Å². The zero-order valence-corrected chi connectivity index (χ0v) is 32.0. The Kier molecular flexibility index (Phi) is 7.41. The molecule has 0 saturated heterocycles. The number of hydrogen-bond acceptors (Lipinski definition) is 2. The maximum atomic E-state index is 2.61. The molecule has 8 aromatic rings. The van der Waals surface area contributed by atoms with E-state index in [9.17, 15) is 0 Å². The lowest BCUT2D eigenvalue weighted by Gasteiger charge is -2.37. The zero-order valence-electron chi connectivity index (χ0n) is 32.0. The molecule has 11 rings (SSSR count). The number of aryl methyl sites for hydroxylation is 2. The summed E-state index contributed by atoms with van der Waals surface area (Å²) in [6.07, 6.45) is 4.31. The molecule has 0 aliphatic heterocycles. The molecule has 0 saturated carbocycles. The van der Waals surface area contributed by atoms with Gasteiger partial charge in [0.05, 0.1) is 17.1 Å². The quantitative estimate of drug-likeness (QED) is 0.169. The first-order valence-corrected chi connectivity index (χ1v) is 20.2. The van der Waals surface area contributed by atoms with Crippen molar-refractivity contribution in [3.05, 3.63) is 215 Å². The molecule has 0 heterocycles. The van der Waals surface area contributed by atoms with Crippen molar-refractivity contribution in [2.75, 3.05) is 9.80 Å². The molecular weight excluding hydrogens is 677 g/mol. The van der Waals surface area contributed by atoms with Crippen LogP contribution >= 0.6 is 0 Å². The van der Waals surface area contributed by atoms with Gasteiger partial charge in [-0.2, -0.15) is 0 Å². The Morgan fingerprint density at radius 2 is 0.946 bits per heavy atom. The predicted octanol–water partition coefficient (Wildman–Crippen LogP) is 14.3. The van der Waals surface area contributed by atoms with E-state index in [2.05, 4.69) is 206 Å². The number of fused-ring (bicyclic) bond motifs is 8. The largest absolute Gasteiger partial charge is 0.310 e. The second kappa shape index (κ2) is 12.6. The van der Waals surface area contributed by atoms with Crippen LogP contribution in [-0.2, 0) is 23.7 Å². The van der Waals surface area contributed by atoms with Gasteiger partial charge in [-0.15, -0.1) is 0 Å². The number of para-hydroxylation sites is 2. The van der Waals surface area contributed by atoms with Crippen molar-refractivity contribution >= 4 is 44.9 Å². The molecule has 0 amide bonds. The molecule has 1 atom stereocenters.